The summed E-state index contributed by atoms with van der Waals surface area (Å²) in [5, 5.41) is 15.0. The van der Waals surface area contributed by atoms with Crippen LogP contribution < -0.4 is 0 Å². The topological polar surface area (TPSA) is 104 Å². The van der Waals surface area contributed by atoms with E-state index in [1.807, 2.05) is 278 Å². The van der Waals surface area contributed by atoms with Crippen LogP contribution in [0.15, 0.2) is 477 Å². The molecule has 0 bridgehead atoms. The van der Waals surface area contributed by atoms with Gasteiger partial charge >= 0.3 is 0 Å². The molecule has 0 unspecified atom stereocenters. The normalized spacial score (nSPS) is 10.6. The van der Waals surface area contributed by atoms with E-state index in [0.29, 0.717) is 0 Å². The van der Waals surface area contributed by atoms with Crippen molar-refractivity contribution in [1.82, 2.24) is 29.9 Å². The number of furan rings is 2. The van der Waals surface area contributed by atoms with E-state index in [0.717, 1.165) is 111 Å². The first-order valence-electron chi connectivity index (χ1n) is 42.9. The van der Waals surface area contributed by atoms with Crippen LogP contribution in [0, 0.1) is 43.3 Å². The minimum absolute atomic E-state index is 0. The number of aromatic nitrogens is 6. The second-order valence-electron chi connectivity index (χ2n) is 30.6. The molecule has 3 radical (unpaired) electrons. The standard InChI is InChI=1S/C36H22S.C18H14N.2C17H10NO.3C11H8N.3Ir/c1-2-13-29-27(11-1)28-12-3-4-14-30(28)34-22-24(19-20-31(29)34)23-9-7-10-25(21-23)26-16-8-17-33-32-15-5-6-18-35(32)37-36(26)33;1-14-12-18(16-10-6-3-7-11-16)19-13-17(14)15-8-4-2-5-9-15;1-2-10-16-12(6-1)13-7-5-8-14(17(13)19-16)15-9-3-4-11-18-15;1-2-7-16-13(5-1)14-11-12(8-9-17(14)19-16)15-6-3-4-10-18-15;3*1-2-6-10(7-3-1)11-8-4-5-9-12-11;;;/h1-22H;2-10,12-13H,1H3;2*1-7,9-11H;3*1-6,8-9H;;;/q;6*-1;;;. The number of rotatable bonds is 9. The molecule has 9 heterocycles. The molecule has 0 amide bonds. The van der Waals surface area contributed by atoms with E-state index < -0.39 is 0 Å². The molecule has 0 aliphatic heterocycles. The van der Waals surface area contributed by atoms with Crippen molar-refractivity contribution in [1.29, 1.82) is 0 Å². The SMILES string of the molecule is Cc1cc(-c2[c-]cccc2)ncc1-c1ccccc1.[Ir].[Ir].[Ir].[c-]1cc2oc3ccccc3c2cc1-c1ccccn1.[c-]1ccc2c(oc3ccccc32)c1-c1ccccn1.[c-]1ccccc1-c1ccccn1.[c-]1ccccc1-c1ccccn1.[c-]1ccccc1-c1ccccn1.c1cc(-c2ccc3c4ccccc4c4ccccc4c3c2)cc(-c2cccc3c2sc2ccccc23)c1. The summed E-state index contributed by atoms with van der Waals surface area (Å²) in [5.41, 5.74) is 23.9. The first kappa shape index (κ1) is 91.3. The number of fused-ring (bicyclic) bond motifs is 15. The molecule has 8 nitrogen and oxygen atoms in total. The van der Waals surface area contributed by atoms with E-state index >= 15 is 0 Å². The largest absolute Gasteiger partial charge is 0.501 e. The van der Waals surface area contributed by atoms with Crippen molar-refractivity contribution in [3.8, 4) is 101 Å². The summed E-state index contributed by atoms with van der Waals surface area (Å²) in [7, 11) is 0. The van der Waals surface area contributed by atoms with E-state index in [9.17, 15) is 0 Å². The minimum Gasteiger partial charge on any atom is -0.501 e. The summed E-state index contributed by atoms with van der Waals surface area (Å²) < 4.78 is 14.5. The number of para-hydroxylation sites is 2. The molecule has 0 spiro atoms. The fraction of sp³-hybridized carbons (Fsp3) is 0.00826. The first-order valence-corrected chi connectivity index (χ1v) is 43.7. The van der Waals surface area contributed by atoms with Crippen molar-refractivity contribution in [2.75, 3.05) is 0 Å². The zero-order chi connectivity index (χ0) is 87.4. The minimum atomic E-state index is 0. The van der Waals surface area contributed by atoms with Crippen LogP contribution in [0.1, 0.15) is 5.56 Å². The Hall–Kier alpha value is -15.0. The number of hydrogen-bond donors (Lipinski definition) is 0. The molecule has 0 aliphatic rings. The molecule has 0 N–H and O–H groups in total. The van der Waals surface area contributed by atoms with Crippen LogP contribution in [0.3, 0.4) is 0 Å². The second kappa shape index (κ2) is 44.5. The van der Waals surface area contributed by atoms with Gasteiger partial charge in [-0.2, -0.15) is 0 Å². The molecule has 645 valence electrons. The van der Waals surface area contributed by atoms with Crippen LogP contribution in [-0.2, 0) is 60.3 Å². The molecule has 16 aromatic carbocycles. The predicted octanol–water partition coefficient (Wildman–Crippen LogP) is 31.9. The molecule has 133 heavy (non-hydrogen) atoms. The van der Waals surface area contributed by atoms with Crippen molar-refractivity contribution in [2.24, 2.45) is 0 Å². The average molecular weight is 2260 g/mol. The van der Waals surface area contributed by atoms with Crippen LogP contribution in [0.5, 0.6) is 0 Å². The maximum Gasteiger partial charge on any atom is 0.120 e. The predicted molar refractivity (Wildman–Crippen MR) is 539 cm³/mol. The van der Waals surface area contributed by atoms with E-state index in [1.54, 1.807) is 31.0 Å². The number of benzene rings is 16. The Bertz CT molecular complexity index is 7760. The quantitative estimate of drug-likeness (QED) is 0.104. The third-order valence-corrected chi connectivity index (χ3v) is 23.5. The summed E-state index contributed by atoms with van der Waals surface area (Å²) in [6.45, 7) is 2.12. The Morgan fingerprint density at radius 2 is 0.654 bits per heavy atom. The van der Waals surface area contributed by atoms with Crippen molar-refractivity contribution in [3.63, 3.8) is 0 Å². The van der Waals surface area contributed by atoms with Crippen LogP contribution in [0.4, 0.5) is 0 Å². The molecule has 9 aromatic heterocycles. The molecule has 0 fully saturated rings. The van der Waals surface area contributed by atoms with Gasteiger partial charge in [0.1, 0.15) is 11.2 Å². The summed E-state index contributed by atoms with van der Waals surface area (Å²) >= 11 is 1.89. The molecular formula is C121H80Ir3N6O2S-6. The molecule has 0 saturated carbocycles. The Labute approximate surface area is 817 Å². The van der Waals surface area contributed by atoms with Crippen molar-refractivity contribution in [3.05, 3.63) is 510 Å². The monoisotopic (exact) mass is 2260 g/mol. The van der Waals surface area contributed by atoms with Gasteiger partial charge in [0.15, 0.2) is 0 Å². The van der Waals surface area contributed by atoms with E-state index in [1.165, 1.54) is 91.4 Å². The number of nitrogens with zero attached hydrogens (tertiary/aromatic N) is 6. The summed E-state index contributed by atoms with van der Waals surface area (Å²) in [6, 6.07) is 165. The molecule has 0 saturated heterocycles. The van der Waals surface area contributed by atoms with Crippen LogP contribution in [0.25, 0.3) is 197 Å². The third kappa shape index (κ3) is 21.4. The molecule has 25 rings (SSSR count). The first-order chi connectivity index (χ1) is 64.4. The molecule has 0 aliphatic carbocycles. The zero-order valence-electron chi connectivity index (χ0n) is 71.9. The summed E-state index contributed by atoms with van der Waals surface area (Å²) in [6.07, 6.45) is 10.9. The van der Waals surface area contributed by atoms with Gasteiger partial charge in [0, 0.05) is 134 Å². The number of hydrogen-bond acceptors (Lipinski definition) is 9. The van der Waals surface area contributed by atoms with E-state index in [2.05, 4.69) is 243 Å². The second-order valence-corrected chi connectivity index (χ2v) is 31.6. The van der Waals surface area contributed by atoms with Gasteiger partial charge in [-0.25, -0.2) is 0 Å². The number of aryl methyl sites for hydroxylation is 1. The Morgan fingerprint density at radius 1 is 0.233 bits per heavy atom. The van der Waals surface area contributed by atoms with Gasteiger partial charge in [0.05, 0.1) is 11.2 Å². The number of thiophene rings is 1. The summed E-state index contributed by atoms with van der Waals surface area (Å²) in [4.78, 5) is 25.9. The maximum atomic E-state index is 5.97. The molecule has 0 atom stereocenters. The zero-order valence-corrected chi connectivity index (χ0v) is 79.9. The number of pyridine rings is 6. The van der Waals surface area contributed by atoms with Gasteiger partial charge in [-0.05, 0) is 167 Å². The van der Waals surface area contributed by atoms with Gasteiger partial charge in [0.2, 0.25) is 0 Å². The Kier molecular flexibility index (Phi) is 30.6. The van der Waals surface area contributed by atoms with Gasteiger partial charge in [-0.1, -0.05) is 265 Å². The third-order valence-electron chi connectivity index (χ3n) is 22.3. The van der Waals surface area contributed by atoms with Gasteiger partial charge in [0.25, 0.3) is 0 Å². The smallest absolute Gasteiger partial charge is 0.120 e. The van der Waals surface area contributed by atoms with Gasteiger partial charge in [-0.3, -0.25) is 0 Å². The van der Waals surface area contributed by atoms with Gasteiger partial charge < -0.3 is 38.7 Å². The van der Waals surface area contributed by atoms with Gasteiger partial charge in [-0.15, -0.1) is 197 Å². The molecule has 12 heteroatoms. The van der Waals surface area contributed by atoms with Crippen LogP contribution in [-0.4, -0.2) is 29.9 Å². The molecular weight excluding hydrogens is 2180 g/mol. The average Bonchev–Trinajstić information content (AvgIpc) is 1.73. The van der Waals surface area contributed by atoms with E-state index in [-0.39, 0.29) is 60.3 Å². The van der Waals surface area contributed by atoms with Crippen molar-refractivity contribution in [2.45, 2.75) is 6.92 Å². The summed E-state index contributed by atoms with van der Waals surface area (Å²) in [5.74, 6) is 0. The van der Waals surface area contributed by atoms with Crippen molar-refractivity contribution < 1.29 is 69.2 Å². The van der Waals surface area contributed by atoms with Crippen molar-refractivity contribution >= 4 is 108 Å². The Balaban J connectivity index is 0.000000118. The molecule has 25 aromatic rings. The fourth-order valence-corrected chi connectivity index (χ4v) is 17.3. The Morgan fingerprint density at radius 3 is 1.18 bits per heavy atom. The fourth-order valence-electron chi connectivity index (χ4n) is 16.1. The van der Waals surface area contributed by atoms with Crippen LogP contribution in [0.2, 0.25) is 0 Å². The van der Waals surface area contributed by atoms with E-state index in [4.69, 9.17) is 8.83 Å². The van der Waals surface area contributed by atoms with Crippen LogP contribution >= 0.6 is 11.3 Å². The maximum absolute atomic E-state index is 5.97.